The first kappa shape index (κ1) is 12.3. The fourth-order valence-electron chi connectivity index (χ4n) is 3.36. The summed E-state index contributed by atoms with van der Waals surface area (Å²) in [5.74, 6) is 0. The van der Waals surface area contributed by atoms with E-state index in [0.717, 1.165) is 13.0 Å². The number of hydrogen-bond acceptors (Lipinski definition) is 3. The number of hydrogen-bond donors (Lipinski definition) is 2. The van der Waals surface area contributed by atoms with Crippen molar-refractivity contribution in [2.75, 3.05) is 13.1 Å². The first-order chi connectivity index (χ1) is 7.70. The van der Waals surface area contributed by atoms with Crippen molar-refractivity contribution in [3.05, 3.63) is 0 Å². The highest BCUT2D eigenvalue weighted by atomic mass is 16.3. The summed E-state index contributed by atoms with van der Waals surface area (Å²) in [7, 11) is 0. The van der Waals surface area contributed by atoms with E-state index in [4.69, 9.17) is 0 Å². The monoisotopic (exact) mass is 226 g/mol. The van der Waals surface area contributed by atoms with Crippen LogP contribution in [0.15, 0.2) is 0 Å². The molecule has 3 nitrogen and oxygen atoms in total. The molecule has 3 heteroatoms. The molecule has 2 aliphatic rings. The number of fused-ring (bicyclic) bond motifs is 1. The van der Waals surface area contributed by atoms with Crippen molar-refractivity contribution in [2.45, 2.75) is 70.2 Å². The average Bonchev–Trinajstić information content (AvgIpc) is 2.66. The predicted octanol–water partition coefficient (Wildman–Crippen LogP) is 1.36. The van der Waals surface area contributed by atoms with Gasteiger partial charge in [0.2, 0.25) is 0 Å². The van der Waals surface area contributed by atoms with Crippen LogP contribution in [0.1, 0.15) is 46.0 Å². The van der Waals surface area contributed by atoms with E-state index in [1.165, 1.54) is 32.2 Å². The van der Waals surface area contributed by atoms with Gasteiger partial charge in [0.1, 0.15) is 0 Å². The number of aliphatic hydroxyl groups excluding tert-OH is 1. The molecule has 2 N–H and O–H groups in total. The first-order valence-electron chi connectivity index (χ1n) is 6.89. The van der Waals surface area contributed by atoms with Gasteiger partial charge in [-0.3, -0.25) is 4.90 Å². The first-order valence-corrected chi connectivity index (χ1v) is 6.89. The zero-order valence-corrected chi connectivity index (χ0v) is 10.7. The van der Waals surface area contributed by atoms with Gasteiger partial charge in [0.25, 0.3) is 0 Å². The maximum atomic E-state index is 10.1. The van der Waals surface area contributed by atoms with Gasteiger partial charge in [-0.25, -0.2) is 0 Å². The van der Waals surface area contributed by atoms with Gasteiger partial charge >= 0.3 is 0 Å². The molecule has 0 bridgehead atoms. The van der Waals surface area contributed by atoms with Gasteiger partial charge in [-0.2, -0.15) is 0 Å². The molecular weight excluding hydrogens is 200 g/mol. The normalized spacial score (nSPS) is 37.3. The summed E-state index contributed by atoms with van der Waals surface area (Å²) in [4.78, 5) is 2.48. The lowest BCUT2D eigenvalue weighted by Crippen LogP contribution is -2.55. The second-order valence-electron chi connectivity index (χ2n) is 5.56. The third-order valence-electron chi connectivity index (χ3n) is 4.08. The van der Waals surface area contributed by atoms with Crippen LogP contribution in [0.2, 0.25) is 0 Å². The summed E-state index contributed by atoms with van der Waals surface area (Å²) < 4.78 is 0. The van der Waals surface area contributed by atoms with E-state index in [9.17, 15) is 5.11 Å². The Bertz CT molecular complexity index is 222. The largest absolute Gasteiger partial charge is 0.391 e. The number of piperidine rings is 1. The van der Waals surface area contributed by atoms with E-state index in [1.54, 1.807) is 0 Å². The van der Waals surface area contributed by atoms with Gasteiger partial charge in [0.05, 0.1) is 6.10 Å². The van der Waals surface area contributed by atoms with Crippen LogP contribution in [-0.2, 0) is 0 Å². The van der Waals surface area contributed by atoms with Crippen LogP contribution >= 0.6 is 0 Å². The van der Waals surface area contributed by atoms with Crippen molar-refractivity contribution < 1.29 is 5.11 Å². The highest BCUT2D eigenvalue weighted by Gasteiger charge is 2.37. The molecular formula is C13H26N2O. The van der Waals surface area contributed by atoms with Crippen LogP contribution in [0.3, 0.4) is 0 Å². The maximum absolute atomic E-state index is 10.1. The van der Waals surface area contributed by atoms with Crippen LogP contribution in [0.5, 0.6) is 0 Å². The highest BCUT2D eigenvalue weighted by molar-refractivity contribution is 4.94. The van der Waals surface area contributed by atoms with Gasteiger partial charge in [-0.1, -0.05) is 13.3 Å². The number of aliphatic hydroxyl groups is 1. The summed E-state index contributed by atoms with van der Waals surface area (Å²) in [5, 5.41) is 13.8. The zero-order valence-electron chi connectivity index (χ0n) is 10.7. The lowest BCUT2D eigenvalue weighted by atomic mass is 9.95. The van der Waals surface area contributed by atoms with Crippen molar-refractivity contribution in [3.63, 3.8) is 0 Å². The lowest BCUT2D eigenvalue weighted by molar-refractivity contribution is 0.0159. The Morgan fingerprint density at radius 2 is 2.31 bits per heavy atom. The van der Waals surface area contributed by atoms with E-state index in [2.05, 4.69) is 24.1 Å². The molecule has 2 rings (SSSR count). The van der Waals surface area contributed by atoms with Crippen LogP contribution in [-0.4, -0.2) is 47.3 Å². The van der Waals surface area contributed by atoms with Crippen LogP contribution in [0, 0.1) is 0 Å². The molecule has 16 heavy (non-hydrogen) atoms. The second kappa shape index (κ2) is 5.48. The van der Waals surface area contributed by atoms with E-state index in [1.807, 2.05) is 0 Å². The summed E-state index contributed by atoms with van der Waals surface area (Å²) in [6.45, 7) is 6.80. The number of nitrogens with zero attached hydrogens (tertiary/aromatic N) is 1. The summed E-state index contributed by atoms with van der Waals surface area (Å²) in [6, 6.07) is 1.53. The van der Waals surface area contributed by atoms with Gasteiger partial charge in [-0.05, 0) is 39.2 Å². The molecule has 94 valence electrons. The Labute approximate surface area is 99.2 Å². The maximum Gasteiger partial charge on any atom is 0.0710 e. The Hall–Kier alpha value is -0.120. The fraction of sp³-hybridized carbons (Fsp3) is 1.00. The molecule has 0 amide bonds. The molecule has 0 spiro atoms. The topological polar surface area (TPSA) is 35.5 Å². The highest BCUT2D eigenvalue weighted by Crippen LogP contribution is 2.27. The minimum Gasteiger partial charge on any atom is -0.391 e. The molecule has 0 aromatic rings. The Morgan fingerprint density at radius 1 is 1.50 bits per heavy atom. The van der Waals surface area contributed by atoms with Crippen LogP contribution in [0.4, 0.5) is 0 Å². The smallest absolute Gasteiger partial charge is 0.0710 e. The van der Waals surface area contributed by atoms with Gasteiger partial charge in [0, 0.05) is 24.7 Å². The fourth-order valence-corrected chi connectivity index (χ4v) is 3.36. The number of nitrogens with one attached hydrogen (secondary N) is 1. The van der Waals surface area contributed by atoms with Gasteiger partial charge < -0.3 is 10.4 Å². The molecule has 2 saturated heterocycles. The lowest BCUT2D eigenvalue weighted by Gasteiger charge is -2.40. The van der Waals surface area contributed by atoms with Crippen molar-refractivity contribution in [3.8, 4) is 0 Å². The molecule has 4 atom stereocenters. The minimum absolute atomic E-state index is 0.109. The van der Waals surface area contributed by atoms with Crippen molar-refractivity contribution in [2.24, 2.45) is 0 Å². The molecule has 2 fully saturated rings. The molecule has 0 radical (unpaired) electrons. The second-order valence-corrected chi connectivity index (χ2v) is 5.56. The molecule has 2 aliphatic heterocycles. The van der Waals surface area contributed by atoms with Crippen LogP contribution in [0.25, 0.3) is 0 Å². The van der Waals surface area contributed by atoms with E-state index in [-0.39, 0.29) is 6.10 Å². The minimum atomic E-state index is -0.109. The van der Waals surface area contributed by atoms with Crippen LogP contribution < -0.4 is 5.32 Å². The molecule has 0 aromatic heterocycles. The van der Waals surface area contributed by atoms with Crippen molar-refractivity contribution >= 4 is 0 Å². The molecule has 0 saturated carbocycles. The summed E-state index contributed by atoms with van der Waals surface area (Å²) in [6.07, 6.45) is 5.75. The summed E-state index contributed by atoms with van der Waals surface area (Å²) >= 11 is 0. The Balaban J connectivity index is 1.83. The quantitative estimate of drug-likeness (QED) is 0.760. The third kappa shape index (κ3) is 2.76. The van der Waals surface area contributed by atoms with E-state index >= 15 is 0 Å². The zero-order chi connectivity index (χ0) is 11.5. The van der Waals surface area contributed by atoms with E-state index < -0.39 is 0 Å². The van der Waals surface area contributed by atoms with Crippen molar-refractivity contribution in [1.29, 1.82) is 0 Å². The summed E-state index contributed by atoms with van der Waals surface area (Å²) in [5.41, 5.74) is 0. The molecule has 0 aliphatic carbocycles. The van der Waals surface area contributed by atoms with Crippen molar-refractivity contribution in [1.82, 2.24) is 10.2 Å². The Morgan fingerprint density at radius 3 is 3.06 bits per heavy atom. The average molecular weight is 226 g/mol. The van der Waals surface area contributed by atoms with E-state index in [0.29, 0.717) is 18.1 Å². The third-order valence-corrected chi connectivity index (χ3v) is 4.08. The number of rotatable bonds is 4. The van der Waals surface area contributed by atoms with Gasteiger partial charge in [0.15, 0.2) is 0 Å². The van der Waals surface area contributed by atoms with Gasteiger partial charge in [-0.15, -0.1) is 0 Å². The Kier molecular flexibility index (Phi) is 4.22. The predicted molar refractivity (Wildman–Crippen MR) is 66.5 cm³/mol. The SMILES string of the molecule is CCCC(C)N[C@@H]1C[C@H](O)C2CCCN2C1. The molecule has 0 aromatic carbocycles. The standard InChI is InChI=1S/C13H26N2O/c1-3-5-10(2)14-11-8-13(16)12-6-4-7-15(12)9-11/h10-14,16H,3-9H2,1-2H3/t10?,11-,12?,13+/m1/s1. The molecule has 2 heterocycles. The molecule has 2 unspecified atom stereocenters.